The van der Waals surface area contributed by atoms with Crippen molar-refractivity contribution >= 4 is 5.91 Å². The van der Waals surface area contributed by atoms with E-state index in [0.717, 1.165) is 0 Å². The van der Waals surface area contributed by atoms with Gasteiger partial charge in [-0.2, -0.15) is 0 Å². The van der Waals surface area contributed by atoms with E-state index in [4.69, 9.17) is 4.74 Å². The number of nitrogens with zero attached hydrogens (tertiary/aromatic N) is 1. The number of ether oxygens (including phenoxy) is 1. The second-order valence-electron chi connectivity index (χ2n) is 5.71. The van der Waals surface area contributed by atoms with Gasteiger partial charge in [0.25, 0.3) is 5.91 Å². The Balaban J connectivity index is 1.91. The van der Waals surface area contributed by atoms with Crippen molar-refractivity contribution in [1.82, 2.24) is 10.2 Å². The number of hydrogen-bond acceptors (Lipinski definition) is 3. The number of carbonyl (C=O) groups excluding carboxylic acids is 1. The minimum absolute atomic E-state index is 0.114. The fourth-order valence-electron chi connectivity index (χ4n) is 2.37. The number of likely N-dealkylation sites (N-methyl/N-ethyl adjacent to an activating group) is 1. The predicted molar refractivity (Wildman–Crippen MR) is 92.4 cm³/mol. The number of nitrogens with one attached hydrogen (secondary N) is 1. The number of benzene rings is 2. The summed E-state index contributed by atoms with van der Waals surface area (Å²) in [5.74, 6) is 0.582. The fraction of sp³-hybridized carbons (Fsp3) is 0.316. The zero-order valence-electron chi connectivity index (χ0n) is 13.9. The molecule has 0 radical (unpaired) electrons. The molecule has 0 fully saturated rings. The van der Waals surface area contributed by atoms with E-state index >= 15 is 0 Å². The van der Waals surface area contributed by atoms with Crippen LogP contribution >= 0.6 is 0 Å². The zero-order chi connectivity index (χ0) is 16.7. The minimum atomic E-state index is -0.531. The Kier molecular flexibility index (Phi) is 6.18. The number of hydrogen-bond donors (Lipinski definition) is 1. The molecule has 2 unspecified atom stereocenters. The van der Waals surface area contributed by atoms with Crippen LogP contribution in [-0.4, -0.2) is 37.6 Å². The van der Waals surface area contributed by atoms with Crippen molar-refractivity contribution in [3.63, 3.8) is 0 Å². The van der Waals surface area contributed by atoms with Gasteiger partial charge in [0.05, 0.1) is 6.04 Å². The van der Waals surface area contributed by atoms with Crippen LogP contribution in [0.2, 0.25) is 0 Å². The average molecular weight is 312 g/mol. The molecular formula is C19H24N2O2. The van der Waals surface area contributed by atoms with Crippen molar-refractivity contribution in [2.75, 3.05) is 20.6 Å². The van der Waals surface area contributed by atoms with Crippen LogP contribution in [0.15, 0.2) is 60.7 Å². The van der Waals surface area contributed by atoms with Gasteiger partial charge in [-0.05, 0) is 38.7 Å². The molecule has 1 N–H and O–H groups in total. The lowest BCUT2D eigenvalue weighted by Crippen LogP contribution is -2.40. The normalized spacial score (nSPS) is 13.4. The molecule has 0 bridgehead atoms. The summed E-state index contributed by atoms with van der Waals surface area (Å²) in [6, 6.07) is 19.7. The van der Waals surface area contributed by atoms with Crippen molar-refractivity contribution in [2.24, 2.45) is 0 Å². The lowest BCUT2D eigenvalue weighted by Gasteiger charge is -2.26. The third kappa shape index (κ3) is 5.11. The highest BCUT2D eigenvalue weighted by molar-refractivity contribution is 5.80. The van der Waals surface area contributed by atoms with Gasteiger partial charge < -0.3 is 15.0 Å². The summed E-state index contributed by atoms with van der Waals surface area (Å²) >= 11 is 0. The number of para-hydroxylation sites is 1. The van der Waals surface area contributed by atoms with Gasteiger partial charge in [0.15, 0.2) is 6.10 Å². The van der Waals surface area contributed by atoms with Gasteiger partial charge in [-0.1, -0.05) is 48.5 Å². The van der Waals surface area contributed by atoms with Gasteiger partial charge in [-0.25, -0.2) is 0 Å². The van der Waals surface area contributed by atoms with E-state index in [1.807, 2.05) is 62.6 Å². The van der Waals surface area contributed by atoms with Crippen molar-refractivity contribution in [1.29, 1.82) is 0 Å². The molecule has 4 heteroatoms. The van der Waals surface area contributed by atoms with Crippen LogP contribution in [0.1, 0.15) is 18.5 Å². The second kappa shape index (κ2) is 8.34. The maximum Gasteiger partial charge on any atom is 0.260 e. The largest absolute Gasteiger partial charge is 0.481 e. The highest BCUT2D eigenvalue weighted by Gasteiger charge is 2.18. The Hall–Kier alpha value is -2.33. The molecule has 2 aromatic carbocycles. The van der Waals surface area contributed by atoms with E-state index in [1.54, 1.807) is 6.92 Å². The third-order valence-electron chi connectivity index (χ3n) is 3.70. The molecule has 0 saturated carbocycles. The Labute approximate surface area is 138 Å². The van der Waals surface area contributed by atoms with Crippen LogP contribution in [0, 0.1) is 0 Å². The summed E-state index contributed by atoms with van der Waals surface area (Å²) in [6.45, 7) is 2.30. The molecule has 4 nitrogen and oxygen atoms in total. The molecule has 0 spiro atoms. The fourth-order valence-corrected chi connectivity index (χ4v) is 2.37. The summed E-state index contributed by atoms with van der Waals surface area (Å²) in [5.41, 5.74) is 1.18. The van der Waals surface area contributed by atoms with Crippen LogP contribution in [0.3, 0.4) is 0 Å². The van der Waals surface area contributed by atoms with E-state index in [1.165, 1.54) is 5.56 Å². The quantitative estimate of drug-likeness (QED) is 0.855. The summed E-state index contributed by atoms with van der Waals surface area (Å²) < 4.78 is 5.65. The smallest absolute Gasteiger partial charge is 0.260 e. The van der Waals surface area contributed by atoms with Crippen LogP contribution < -0.4 is 10.1 Å². The summed E-state index contributed by atoms with van der Waals surface area (Å²) in [7, 11) is 4.02. The van der Waals surface area contributed by atoms with E-state index in [2.05, 4.69) is 22.3 Å². The molecule has 0 aliphatic heterocycles. The van der Waals surface area contributed by atoms with Crippen LogP contribution in [0.5, 0.6) is 5.75 Å². The molecule has 2 atom stereocenters. The summed E-state index contributed by atoms with van der Waals surface area (Å²) in [6.07, 6.45) is -0.531. The average Bonchev–Trinajstić information content (AvgIpc) is 2.56. The molecule has 2 rings (SSSR count). The van der Waals surface area contributed by atoms with Crippen LogP contribution in [0.4, 0.5) is 0 Å². The topological polar surface area (TPSA) is 41.6 Å². The minimum Gasteiger partial charge on any atom is -0.481 e. The number of carbonyl (C=O) groups is 1. The molecule has 23 heavy (non-hydrogen) atoms. The molecule has 0 aliphatic carbocycles. The highest BCUT2D eigenvalue weighted by atomic mass is 16.5. The van der Waals surface area contributed by atoms with Crippen molar-refractivity contribution in [3.05, 3.63) is 66.2 Å². The maximum absolute atomic E-state index is 12.3. The Bertz CT molecular complexity index is 599. The molecule has 0 aliphatic rings. The van der Waals surface area contributed by atoms with E-state index in [0.29, 0.717) is 12.3 Å². The number of amides is 1. The van der Waals surface area contributed by atoms with Crippen molar-refractivity contribution < 1.29 is 9.53 Å². The van der Waals surface area contributed by atoms with Gasteiger partial charge in [-0.3, -0.25) is 4.79 Å². The van der Waals surface area contributed by atoms with Crippen molar-refractivity contribution in [2.45, 2.75) is 19.1 Å². The Morgan fingerprint density at radius 2 is 1.61 bits per heavy atom. The molecule has 1 amide bonds. The summed E-state index contributed by atoms with van der Waals surface area (Å²) in [5, 5.41) is 2.98. The predicted octanol–water partition coefficient (Wildman–Crippen LogP) is 2.87. The molecule has 0 heterocycles. The third-order valence-corrected chi connectivity index (χ3v) is 3.70. The van der Waals surface area contributed by atoms with E-state index < -0.39 is 6.10 Å². The first-order valence-corrected chi connectivity index (χ1v) is 7.78. The molecule has 0 saturated heterocycles. The standard InChI is InChI=1S/C19H24N2O2/c1-15(23-17-12-8-5-9-13-17)19(22)20-14-18(21(2)3)16-10-6-4-7-11-16/h4-13,15,18H,14H2,1-3H3,(H,20,22). The maximum atomic E-state index is 12.3. The first kappa shape index (κ1) is 17.0. The zero-order valence-corrected chi connectivity index (χ0v) is 13.9. The van der Waals surface area contributed by atoms with Gasteiger partial charge >= 0.3 is 0 Å². The second-order valence-corrected chi connectivity index (χ2v) is 5.71. The van der Waals surface area contributed by atoms with Crippen molar-refractivity contribution in [3.8, 4) is 5.75 Å². The highest BCUT2D eigenvalue weighted by Crippen LogP contribution is 2.17. The first-order valence-electron chi connectivity index (χ1n) is 7.78. The lowest BCUT2D eigenvalue weighted by atomic mass is 10.1. The Morgan fingerprint density at radius 1 is 1.04 bits per heavy atom. The lowest BCUT2D eigenvalue weighted by molar-refractivity contribution is -0.127. The van der Waals surface area contributed by atoms with Crippen LogP contribution in [-0.2, 0) is 4.79 Å². The molecule has 2 aromatic rings. The van der Waals surface area contributed by atoms with Gasteiger partial charge in [0.1, 0.15) is 5.75 Å². The van der Waals surface area contributed by atoms with Crippen LogP contribution in [0.25, 0.3) is 0 Å². The first-order chi connectivity index (χ1) is 11.1. The van der Waals surface area contributed by atoms with E-state index in [-0.39, 0.29) is 11.9 Å². The van der Waals surface area contributed by atoms with E-state index in [9.17, 15) is 4.79 Å². The monoisotopic (exact) mass is 312 g/mol. The molecule has 0 aromatic heterocycles. The summed E-state index contributed by atoms with van der Waals surface area (Å²) in [4.78, 5) is 14.3. The van der Waals surface area contributed by atoms with Gasteiger partial charge in [0.2, 0.25) is 0 Å². The molecule has 122 valence electrons. The van der Waals surface area contributed by atoms with Gasteiger partial charge in [0, 0.05) is 6.54 Å². The Morgan fingerprint density at radius 3 is 2.17 bits per heavy atom. The van der Waals surface area contributed by atoms with Gasteiger partial charge in [-0.15, -0.1) is 0 Å². The number of rotatable bonds is 7. The SMILES string of the molecule is CC(Oc1ccccc1)C(=O)NCC(c1ccccc1)N(C)C. The molecular weight excluding hydrogens is 288 g/mol.